The second-order valence-electron chi connectivity index (χ2n) is 6.65. The van der Waals surface area contributed by atoms with E-state index in [9.17, 15) is 4.79 Å². The summed E-state index contributed by atoms with van der Waals surface area (Å²) < 4.78 is 6.15. The number of carbonyl (C=O) groups is 1. The molecule has 0 aliphatic rings. The highest BCUT2D eigenvalue weighted by Gasteiger charge is 2.14. The lowest BCUT2D eigenvalue weighted by molar-refractivity contribution is 0.0950. The van der Waals surface area contributed by atoms with E-state index in [-0.39, 0.29) is 5.91 Å². The van der Waals surface area contributed by atoms with Gasteiger partial charge in [0.15, 0.2) is 0 Å². The van der Waals surface area contributed by atoms with Crippen LogP contribution >= 0.6 is 0 Å². The van der Waals surface area contributed by atoms with Gasteiger partial charge in [-0.15, -0.1) is 0 Å². The number of carbonyl (C=O) groups excluding carboxylic acids is 1. The van der Waals surface area contributed by atoms with Gasteiger partial charge in [0, 0.05) is 47.3 Å². The molecule has 0 atom stereocenters. The summed E-state index contributed by atoms with van der Waals surface area (Å²) in [6.45, 7) is 2.31. The van der Waals surface area contributed by atoms with Gasteiger partial charge in [0.2, 0.25) is 0 Å². The van der Waals surface area contributed by atoms with Crippen LogP contribution in [0.4, 0.5) is 5.69 Å². The summed E-state index contributed by atoms with van der Waals surface area (Å²) in [6, 6.07) is 16.5. The van der Waals surface area contributed by atoms with Gasteiger partial charge in [-0.3, -0.25) is 14.8 Å². The largest absolute Gasteiger partial charge is 0.456 e. The van der Waals surface area contributed by atoms with Crippen molar-refractivity contribution in [2.24, 2.45) is 0 Å². The number of nitrogen functional groups attached to an aromatic ring is 1. The highest BCUT2D eigenvalue weighted by Crippen LogP contribution is 2.32. The van der Waals surface area contributed by atoms with E-state index in [0.717, 1.165) is 22.0 Å². The maximum Gasteiger partial charge on any atom is 0.251 e. The van der Waals surface area contributed by atoms with Gasteiger partial charge < -0.3 is 15.8 Å². The smallest absolute Gasteiger partial charge is 0.251 e. The van der Waals surface area contributed by atoms with Gasteiger partial charge in [-0.1, -0.05) is 6.07 Å². The van der Waals surface area contributed by atoms with E-state index in [1.807, 2.05) is 43.3 Å². The third kappa shape index (κ3) is 4.01. The molecule has 4 rings (SSSR count). The lowest BCUT2D eigenvalue weighted by Crippen LogP contribution is -2.23. The van der Waals surface area contributed by atoms with E-state index in [4.69, 9.17) is 10.5 Å². The zero-order chi connectivity index (χ0) is 20.2. The lowest BCUT2D eigenvalue weighted by Gasteiger charge is -2.14. The van der Waals surface area contributed by atoms with Crippen molar-refractivity contribution in [1.29, 1.82) is 0 Å². The molecule has 2 heterocycles. The van der Waals surface area contributed by atoms with Crippen molar-refractivity contribution in [3.05, 3.63) is 89.9 Å². The highest BCUT2D eigenvalue weighted by atomic mass is 16.5. The number of rotatable bonds is 5. The van der Waals surface area contributed by atoms with Gasteiger partial charge >= 0.3 is 0 Å². The van der Waals surface area contributed by atoms with E-state index in [0.29, 0.717) is 29.3 Å². The molecule has 2 aromatic carbocycles. The van der Waals surface area contributed by atoms with E-state index >= 15 is 0 Å². The van der Waals surface area contributed by atoms with Crippen LogP contribution in [0.3, 0.4) is 0 Å². The maximum absolute atomic E-state index is 12.7. The van der Waals surface area contributed by atoms with Crippen LogP contribution in [0.5, 0.6) is 11.5 Å². The number of benzene rings is 2. The minimum atomic E-state index is -0.155. The average Bonchev–Trinajstić information content (AvgIpc) is 2.74. The van der Waals surface area contributed by atoms with Gasteiger partial charge in [0.25, 0.3) is 5.91 Å². The van der Waals surface area contributed by atoms with Crippen LogP contribution in [0.25, 0.3) is 10.9 Å². The molecular formula is C23H20N4O2. The average molecular weight is 384 g/mol. The molecule has 1 amide bonds. The predicted molar refractivity (Wildman–Crippen MR) is 113 cm³/mol. The molecule has 0 saturated heterocycles. The second-order valence-corrected chi connectivity index (χ2v) is 6.65. The molecular weight excluding hydrogens is 364 g/mol. The first-order valence-corrected chi connectivity index (χ1v) is 9.20. The molecule has 2 aromatic heterocycles. The Morgan fingerprint density at radius 2 is 1.86 bits per heavy atom. The van der Waals surface area contributed by atoms with Gasteiger partial charge in [0.1, 0.15) is 11.5 Å². The van der Waals surface area contributed by atoms with Crippen LogP contribution in [-0.4, -0.2) is 15.9 Å². The van der Waals surface area contributed by atoms with Crippen LogP contribution in [0.1, 0.15) is 21.5 Å². The maximum atomic E-state index is 12.7. The Hall–Kier alpha value is -3.93. The van der Waals surface area contributed by atoms with Gasteiger partial charge in [-0.25, -0.2) is 0 Å². The van der Waals surface area contributed by atoms with E-state index in [2.05, 4.69) is 15.3 Å². The fourth-order valence-electron chi connectivity index (χ4n) is 3.10. The number of nitrogens with zero attached hydrogens (tertiary/aromatic N) is 2. The minimum absolute atomic E-state index is 0.155. The first-order chi connectivity index (χ1) is 14.1. The molecule has 0 spiro atoms. The molecule has 0 saturated carbocycles. The molecule has 0 fully saturated rings. The van der Waals surface area contributed by atoms with Crippen molar-refractivity contribution >= 4 is 22.5 Å². The standard InChI is InChI=1S/C23H20N4O2/c1-15-18(23(28)27-14-16-7-10-25-11-8-16)3-2-4-21(15)29-22-9-12-26-20-13-17(24)5-6-19(20)22/h2-13H,14,24H2,1H3,(H,27,28). The number of hydrogen-bond donors (Lipinski definition) is 2. The molecule has 4 aromatic rings. The topological polar surface area (TPSA) is 90.1 Å². The van der Waals surface area contributed by atoms with Crippen molar-refractivity contribution in [3.8, 4) is 11.5 Å². The molecule has 6 heteroatoms. The second kappa shape index (κ2) is 7.98. The highest BCUT2D eigenvalue weighted by molar-refractivity contribution is 5.96. The fourth-order valence-corrected chi connectivity index (χ4v) is 3.10. The Labute approximate surface area is 168 Å². The number of fused-ring (bicyclic) bond motifs is 1. The normalized spacial score (nSPS) is 10.7. The van der Waals surface area contributed by atoms with Gasteiger partial charge in [0.05, 0.1) is 5.52 Å². The minimum Gasteiger partial charge on any atom is -0.456 e. The number of hydrogen-bond acceptors (Lipinski definition) is 5. The Morgan fingerprint density at radius 3 is 2.69 bits per heavy atom. The third-order valence-corrected chi connectivity index (χ3v) is 4.68. The molecule has 3 N–H and O–H groups in total. The summed E-state index contributed by atoms with van der Waals surface area (Å²) in [5.74, 6) is 1.12. The monoisotopic (exact) mass is 384 g/mol. The van der Waals surface area contributed by atoms with Crippen LogP contribution in [0, 0.1) is 6.92 Å². The summed E-state index contributed by atoms with van der Waals surface area (Å²) in [6.07, 6.45) is 5.08. The quantitative estimate of drug-likeness (QED) is 0.502. The Balaban J connectivity index is 1.58. The summed E-state index contributed by atoms with van der Waals surface area (Å²) in [5, 5.41) is 3.79. The summed E-state index contributed by atoms with van der Waals surface area (Å²) in [4.78, 5) is 21.0. The van der Waals surface area contributed by atoms with E-state index < -0.39 is 0 Å². The fraction of sp³-hybridized carbons (Fsp3) is 0.0870. The van der Waals surface area contributed by atoms with E-state index in [1.165, 1.54) is 0 Å². The number of nitrogens with one attached hydrogen (secondary N) is 1. The molecule has 29 heavy (non-hydrogen) atoms. The zero-order valence-electron chi connectivity index (χ0n) is 15.9. The number of pyridine rings is 2. The Morgan fingerprint density at radius 1 is 1.03 bits per heavy atom. The van der Waals surface area contributed by atoms with E-state index in [1.54, 1.807) is 36.8 Å². The number of aromatic nitrogens is 2. The van der Waals surface area contributed by atoms with Crippen molar-refractivity contribution in [2.75, 3.05) is 5.73 Å². The number of anilines is 1. The van der Waals surface area contributed by atoms with Crippen LogP contribution in [-0.2, 0) is 6.54 Å². The molecule has 0 aliphatic heterocycles. The summed E-state index contributed by atoms with van der Waals surface area (Å²) >= 11 is 0. The van der Waals surface area contributed by atoms with Crippen molar-refractivity contribution < 1.29 is 9.53 Å². The molecule has 144 valence electrons. The predicted octanol–water partition coefficient (Wildman–Crippen LogP) is 4.24. The SMILES string of the molecule is Cc1c(Oc2ccnc3cc(N)ccc23)cccc1C(=O)NCc1ccncc1. The molecule has 0 unspecified atom stereocenters. The molecule has 6 nitrogen and oxygen atoms in total. The molecule has 0 radical (unpaired) electrons. The summed E-state index contributed by atoms with van der Waals surface area (Å²) in [7, 11) is 0. The molecule has 0 bridgehead atoms. The lowest BCUT2D eigenvalue weighted by atomic mass is 10.1. The molecule has 0 aliphatic carbocycles. The van der Waals surface area contributed by atoms with Crippen LogP contribution < -0.4 is 15.8 Å². The van der Waals surface area contributed by atoms with Crippen LogP contribution in [0.2, 0.25) is 0 Å². The Bertz CT molecular complexity index is 1180. The van der Waals surface area contributed by atoms with Crippen molar-refractivity contribution in [3.63, 3.8) is 0 Å². The summed E-state index contributed by atoms with van der Waals surface area (Å²) in [5.41, 5.74) is 9.57. The Kier molecular flexibility index (Phi) is 5.07. The zero-order valence-corrected chi connectivity index (χ0v) is 15.9. The van der Waals surface area contributed by atoms with Gasteiger partial charge in [-0.2, -0.15) is 0 Å². The number of ether oxygens (including phenoxy) is 1. The first-order valence-electron chi connectivity index (χ1n) is 9.20. The number of nitrogens with two attached hydrogens (primary N) is 1. The van der Waals surface area contributed by atoms with Crippen LogP contribution in [0.15, 0.2) is 73.2 Å². The number of amides is 1. The van der Waals surface area contributed by atoms with Crippen molar-refractivity contribution in [2.45, 2.75) is 13.5 Å². The van der Waals surface area contributed by atoms with Crippen molar-refractivity contribution in [1.82, 2.24) is 15.3 Å². The third-order valence-electron chi connectivity index (χ3n) is 4.68. The van der Waals surface area contributed by atoms with Gasteiger partial charge in [-0.05, 0) is 61.0 Å². The first kappa shape index (κ1) is 18.4.